The maximum atomic E-state index is 12.2. The van der Waals surface area contributed by atoms with E-state index in [-0.39, 0.29) is 0 Å². The first-order valence-electron chi connectivity index (χ1n) is 9.97. The van der Waals surface area contributed by atoms with Crippen LogP contribution in [0.1, 0.15) is 15.9 Å². The number of halogens is 3. The van der Waals surface area contributed by atoms with Gasteiger partial charge in [0.1, 0.15) is 0 Å². The molecular formula is C26H17Cl3N2O. The fraction of sp³-hybridized carbons (Fsp3) is 0.0385. The lowest BCUT2D eigenvalue weighted by molar-refractivity contribution is 0.100. The Morgan fingerprint density at radius 3 is 2.25 bits per heavy atom. The zero-order chi connectivity index (χ0) is 22.4. The second kappa shape index (κ2) is 8.18. The van der Waals surface area contributed by atoms with Crippen LogP contribution in [0.15, 0.2) is 78.9 Å². The van der Waals surface area contributed by atoms with Gasteiger partial charge in [0.05, 0.1) is 21.1 Å². The lowest BCUT2D eigenvalue weighted by Gasteiger charge is -2.10. The van der Waals surface area contributed by atoms with Crippen molar-refractivity contribution in [2.45, 2.75) is 6.54 Å². The maximum Gasteiger partial charge on any atom is 0.249 e. The van der Waals surface area contributed by atoms with Crippen LogP contribution in [0, 0.1) is 0 Å². The summed E-state index contributed by atoms with van der Waals surface area (Å²) in [5.41, 5.74) is 11.2. The third-order valence-corrected chi connectivity index (χ3v) is 6.65. The smallest absolute Gasteiger partial charge is 0.249 e. The highest BCUT2D eigenvalue weighted by Gasteiger charge is 2.17. The van der Waals surface area contributed by atoms with Gasteiger partial charge in [0.15, 0.2) is 0 Å². The molecule has 3 nitrogen and oxygen atoms in total. The number of primary amides is 1. The molecule has 0 aliphatic heterocycles. The van der Waals surface area contributed by atoms with Crippen molar-refractivity contribution in [1.82, 2.24) is 4.57 Å². The van der Waals surface area contributed by atoms with E-state index >= 15 is 0 Å². The molecule has 0 atom stereocenters. The van der Waals surface area contributed by atoms with Crippen molar-refractivity contribution in [3.63, 3.8) is 0 Å². The Labute approximate surface area is 199 Å². The van der Waals surface area contributed by atoms with Gasteiger partial charge in [-0.2, -0.15) is 0 Å². The molecule has 0 radical (unpaired) electrons. The highest BCUT2D eigenvalue weighted by atomic mass is 35.5. The van der Waals surface area contributed by atoms with Crippen LogP contribution in [0.25, 0.3) is 32.9 Å². The minimum atomic E-state index is -0.453. The lowest BCUT2D eigenvalue weighted by atomic mass is 10.0. The first-order valence-corrected chi connectivity index (χ1v) is 11.1. The molecule has 5 rings (SSSR count). The van der Waals surface area contributed by atoms with Crippen molar-refractivity contribution in [2.24, 2.45) is 5.73 Å². The number of nitrogens with two attached hydrogens (primary N) is 1. The topological polar surface area (TPSA) is 48.0 Å². The summed E-state index contributed by atoms with van der Waals surface area (Å²) >= 11 is 18.4. The Bertz CT molecular complexity index is 1500. The number of hydrogen-bond acceptors (Lipinski definition) is 1. The highest BCUT2D eigenvalue weighted by Crippen LogP contribution is 2.35. The summed E-state index contributed by atoms with van der Waals surface area (Å²) in [5.74, 6) is -0.453. The zero-order valence-electron chi connectivity index (χ0n) is 16.8. The van der Waals surface area contributed by atoms with Gasteiger partial charge in [-0.05, 0) is 59.2 Å². The fourth-order valence-electron chi connectivity index (χ4n) is 4.16. The summed E-state index contributed by atoms with van der Waals surface area (Å²) in [6.07, 6.45) is 0. The van der Waals surface area contributed by atoms with Gasteiger partial charge in [-0.25, -0.2) is 0 Å². The van der Waals surface area contributed by atoms with Gasteiger partial charge < -0.3 is 10.3 Å². The Morgan fingerprint density at radius 2 is 1.53 bits per heavy atom. The quantitative estimate of drug-likeness (QED) is 0.284. The van der Waals surface area contributed by atoms with E-state index in [2.05, 4.69) is 10.6 Å². The molecule has 0 saturated carbocycles. The molecular weight excluding hydrogens is 463 g/mol. The Kier molecular flexibility index (Phi) is 5.34. The average molecular weight is 480 g/mol. The van der Waals surface area contributed by atoms with Crippen molar-refractivity contribution in [2.75, 3.05) is 0 Å². The molecule has 158 valence electrons. The Balaban J connectivity index is 1.78. The van der Waals surface area contributed by atoms with E-state index in [1.807, 2.05) is 60.7 Å². The van der Waals surface area contributed by atoms with Crippen molar-refractivity contribution in [3.05, 3.63) is 105 Å². The van der Waals surface area contributed by atoms with Crippen LogP contribution < -0.4 is 5.73 Å². The molecule has 0 aliphatic carbocycles. The van der Waals surface area contributed by atoms with Crippen molar-refractivity contribution in [3.8, 4) is 11.1 Å². The number of amides is 1. The molecule has 32 heavy (non-hydrogen) atoms. The average Bonchev–Trinajstić information content (AvgIpc) is 3.10. The van der Waals surface area contributed by atoms with Crippen molar-refractivity contribution >= 4 is 62.5 Å². The number of nitrogens with zero attached hydrogens (tertiary/aromatic N) is 1. The SMILES string of the molecule is NC(=O)c1cccc2c1c1ccc(-c3ccc(Cl)cc3)cc1n2Cc1ccc(Cl)c(Cl)c1. The summed E-state index contributed by atoms with van der Waals surface area (Å²) in [5, 5.41) is 3.52. The third-order valence-electron chi connectivity index (χ3n) is 5.66. The van der Waals surface area contributed by atoms with Gasteiger partial charge >= 0.3 is 0 Å². The summed E-state index contributed by atoms with van der Waals surface area (Å²) < 4.78 is 2.18. The lowest BCUT2D eigenvalue weighted by Crippen LogP contribution is -2.11. The van der Waals surface area contributed by atoms with Gasteiger partial charge in [0.25, 0.3) is 0 Å². The van der Waals surface area contributed by atoms with Crippen LogP contribution in [-0.4, -0.2) is 10.5 Å². The van der Waals surface area contributed by atoms with E-state index in [0.717, 1.165) is 38.5 Å². The standard InChI is InChI=1S/C26H17Cl3N2O/c27-18-8-5-16(6-9-18)17-7-10-19-24(13-17)31(14-15-4-11-21(28)22(29)12-15)23-3-1-2-20(25(19)23)26(30)32/h1-13H,14H2,(H2,30,32). The summed E-state index contributed by atoms with van der Waals surface area (Å²) in [6, 6.07) is 25.2. The zero-order valence-corrected chi connectivity index (χ0v) is 19.0. The van der Waals surface area contributed by atoms with E-state index in [1.54, 1.807) is 12.1 Å². The molecule has 0 bridgehead atoms. The first kappa shape index (κ1) is 20.9. The number of rotatable bonds is 4. The van der Waals surface area contributed by atoms with Gasteiger partial charge in [-0.3, -0.25) is 4.79 Å². The number of aromatic nitrogens is 1. The van der Waals surface area contributed by atoms with Crippen LogP contribution in [0.5, 0.6) is 0 Å². The summed E-state index contributed by atoms with van der Waals surface area (Å²) in [7, 11) is 0. The van der Waals surface area contributed by atoms with Gasteiger partial charge in [-0.1, -0.05) is 71.2 Å². The normalized spacial score (nSPS) is 11.3. The van der Waals surface area contributed by atoms with Crippen LogP contribution >= 0.6 is 34.8 Å². The molecule has 6 heteroatoms. The minimum absolute atomic E-state index is 0.453. The van der Waals surface area contributed by atoms with Crippen LogP contribution in [0.4, 0.5) is 0 Å². The third kappa shape index (κ3) is 3.63. The molecule has 0 unspecified atom stereocenters. The molecule has 0 spiro atoms. The summed E-state index contributed by atoms with van der Waals surface area (Å²) in [6.45, 7) is 0.559. The highest BCUT2D eigenvalue weighted by molar-refractivity contribution is 6.42. The second-order valence-corrected chi connectivity index (χ2v) is 8.89. The molecule has 0 aliphatic rings. The Hall–Kier alpha value is -2.98. The number of fused-ring (bicyclic) bond motifs is 3. The van der Waals surface area contributed by atoms with Crippen LogP contribution in [-0.2, 0) is 6.54 Å². The monoisotopic (exact) mass is 478 g/mol. The molecule has 4 aromatic carbocycles. The number of benzene rings is 4. The van der Waals surface area contributed by atoms with Gasteiger partial charge in [0.2, 0.25) is 5.91 Å². The van der Waals surface area contributed by atoms with Crippen molar-refractivity contribution < 1.29 is 4.79 Å². The Morgan fingerprint density at radius 1 is 0.781 bits per heavy atom. The molecule has 1 heterocycles. The first-order chi connectivity index (χ1) is 15.4. The molecule has 1 amide bonds. The number of carbonyl (C=O) groups is 1. The molecule has 5 aromatic rings. The fourth-order valence-corrected chi connectivity index (χ4v) is 4.61. The van der Waals surface area contributed by atoms with Crippen LogP contribution in [0.3, 0.4) is 0 Å². The van der Waals surface area contributed by atoms with E-state index in [1.165, 1.54) is 0 Å². The molecule has 0 saturated heterocycles. The predicted octanol–water partition coefficient (Wildman–Crippen LogP) is 7.57. The van der Waals surface area contributed by atoms with Gasteiger partial charge in [-0.15, -0.1) is 0 Å². The second-order valence-electron chi connectivity index (χ2n) is 7.64. The maximum absolute atomic E-state index is 12.2. The van der Waals surface area contributed by atoms with E-state index < -0.39 is 5.91 Å². The minimum Gasteiger partial charge on any atom is -0.366 e. The van der Waals surface area contributed by atoms with Gasteiger partial charge in [0, 0.05) is 27.9 Å². The van der Waals surface area contributed by atoms with Crippen molar-refractivity contribution in [1.29, 1.82) is 0 Å². The largest absolute Gasteiger partial charge is 0.366 e. The molecule has 1 aromatic heterocycles. The number of carbonyl (C=O) groups excluding carboxylic acids is 1. The molecule has 0 fully saturated rings. The summed E-state index contributed by atoms with van der Waals surface area (Å²) in [4.78, 5) is 12.2. The number of hydrogen-bond donors (Lipinski definition) is 1. The van der Waals surface area contributed by atoms with E-state index in [4.69, 9.17) is 40.5 Å². The predicted molar refractivity (Wildman–Crippen MR) is 134 cm³/mol. The van der Waals surface area contributed by atoms with Crippen LogP contribution in [0.2, 0.25) is 15.1 Å². The van der Waals surface area contributed by atoms with E-state index in [9.17, 15) is 4.79 Å². The molecule has 2 N–H and O–H groups in total. The van der Waals surface area contributed by atoms with E-state index in [0.29, 0.717) is 27.2 Å².